The maximum Gasteiger partial charge on any atom is 0.385 e. The number of ether oxygens (including phenoxy) is 1. The van der Waals surface area contributed by atoms with Gasteiger partial charge in [-0.3, -0.25) is 0 Å². The summed E-state index contributed by atoms with van der Waals surface area (Å²) >= 11 is 0. The van der Waals surface area contributed by atoms with Crippen molar-refractivity contribution in [1.29, 1.82) is 0 Å². The van der Waals surface area contributed by atoms with E-state index in [2.05, 4.69) is 11.3 Å². The van der Waals surface area contributed by atoms with Crippen LogP contribution in [0.15, 0.2) is 12.7 Å². The number of rotatable bonds is 17. The van der Waals surface area contributed by atoms with E-state index in [0.717, 1.165) is 0 Å². The van der Waals surface area contributed by atoms with Gasteiger partial charge in [-0.15, -0.1) is 0 Å². The molecule has 256 valence electrons. The van der Waals surface area contributed by atoms with Crippen molar-refractivity contribution in [3.05, 3.63) is 12.7 Å². The Morgan fingerprint density at radius 3 is 1.37 bits per heavy atom. The molecule has 43 heavy (non-hydrogen) atoms. The number of nitrogens with one attached hydrogen (secondary N) is 1. The Balaban J connectivity index is 6.53. The number of hydrogen-bond donors (Lipinski definition) is 1. The summed E-state index contributed by atoms with van der Waals surface area (Å²) in [5.74, 6) is -83.9. The molecule has 0 aromatic rings. The highest BCUT2D eigenvalue weighted by Crippen LogP contribution is 2.65. The van der Waals surface area contributed by atoms with Gasteiger partial charge in [-0.05, 0) is 0 Å². The maximum atomic E-state index is 13.9. The van der Waals surface area contributed by atoms with Crippen LogP contribution in [0.25, 0.3) is 0 Å². The zero-order chi connectivity index (χ0) is 35.1. The van der Waals surface area contributed by atoms with Crippen LogP contribution in [0.1, 0.15) is 0 Å². The summed E-state index contributed by atoms with van der Waals surface area (Å²) in [5.41, 5.74) is 0. The number of hydrogen-bond acceptors (Lipinski definition) is 5. The normalized spacial score (nSPS) is 15.6. The zero-order valence-electron chi connectivity index (χ0n) is 19.8. The number of carbonyl (C=O) groups excluding carboxylic acids is 1. The highest BCUT2D eigenvalue weighted by Gasteiger charge is 2.96. The van der Waals surface area contributed by atoms with E-state index in [1.54, 1.807) is 5.32 Å². The van der Waals surface area contributed by atoms with Crippen molar-refractivity contribution in [2.75, 3.05) is 24.8 Å². The van der Waals surface area contributed by atoms with Crippen molar-refractivity contribution in [2.24, 2.45) is 0 Å². The van der Waals surface area contributed by atoms with Crippen molar-refractivity contribution >= 4 is 15.8 Å². The van der Waals surface area contributed by atoms with E-state index < -0.39 is 100 Å². The summed E-state index contributed by atoms with van der Waals surface area (Å²) in [6.07, 6.45) is -5.62. The summed E-state index contributed by atoms with van der Waals surface area (Å²) in [7, 11) is -5.95. The van der Waals surface area contributed by atoms with Gasteiger partial charge < -0.3 is 10.1 Å². The van der Waals surface area contributed by atoms with Crippen LogP contribution < -0.4 is 5.32 Å². The highest BCUT2D eigenvalue weighted by molar-refractivity contribution is 7.91. The third-order valence-electron chi connectivity index (χ3n) is 4.93. The smallest absolute Gasteiger partial charge is 0.385 e. The van der Waals surface area contributed by atoms with E-state index >= 15 is 0 Å². The number of halogens is 20. The lowest BCUT2D eigenvalue weighted by molar-refractivity contribution is -0.464. The second kappa shape index (κ2) is 11.9. The second-order valence-corrected chi connectivity index (χ2v) is 10.1. The Kier molecular flexibility index (Phi) is 11.3. The summed E-state index contributed by atoms with van der Waals surface area (Å²) in [6, 6.07) is 0. The fraction of sp³-hybridized carbons (Fsp3) is 0.824. The van der Waals surface area contributed by atoms with Gasteiger partial charge in [0.15, 0.2) is 9.84 Å². The molecule has 1 N–H and O–H groups in total. The van der Waals surface area contributed by atoms with E-state index in [1.165, 1.54) is 0 Å². The van der Waals surface area contributed by atoms with Crippen LogP contribution in [-0.2, 0) is 19.4 Å². The van der Waals surface area contributed by atoms with E-state index in [9.17, 15) is 101 Å². The molecule has 0 bridgehead atoms. The molecule has 0 aromatic heterocycles. The number of esters is 1. The Morgan fingerprint density at radius 2 is 1.02 bits per heavy atom. The van der Waals surface area contributed by atoms with Gasteiger partial charge in [0.25, 0.3) is 0 Å². The lowest BCUT2D eigenvalue weighted by Gasteiger charge is -2.44. The fourth-order valence-corrected chi connectivity index (χ4v) is 3.78. The van der Waals surface area contributed by atoms with Gasteiger partial charge in [-0.25, -0.2) is 22.0 Å². The summed E-state index contributed by atoms with van der Waals surface area (Å²) in [4.78, 5) is 10.7. The molecular weight excluding hydrogens is 694 g/mol. The number of alkyl halides is 20. The van der Waals surface area contributed by atoms with Crippen LogP contribution in [0.2, 0.25) is 0 Å². The first-order valence-electron chi connectivity index (χ1n) is 9.99. The fourth-order valence-electron chi connectivity index (χ4n) is 2.49. The zero-order valence-corrected chi connectivity index (χ0v) is 20.6. The van der Waals surface area contributed by atoms with E-state index in [0.29, 0.717) is 6.08 Å². The minimum Gasteiger partial charge on any atom is -0.461 e. The Hall–Kier alpha value is -2.28. The highest BCUT2D eigenvalue weighted by atomic mass is 32.2. The lowest BCUT2D eigenvalue weighted by Crippen LogP contribution is -2.76. The first-order valence-corrected chi connectivity index (χ1v) is 11.8. The first kappa shape index (κ1) is 40.7. The molecule has 0 saturated carbocycles. The van der Waals surface area contributed by atoms with Gasteiger partial charge in [0.2, 0.25) is 0 Å². The molecule has 0 unspecified atom stereocenters. The molecule has 0 amide bonds. The van der Waals surface area contributed by atoms with E-state index in [4.69, 9.17) is 0 Å². The molecular formula is C17H13F20NO4S. The van der Waals surface area contributed by atoms with E-state index in [-0.39, 0.29) is 0 Å². The predicted octanol–water partition coefficient (Wildman–Crippen LogP) is 5.66. The molecule has 5 nitrogen and oxygen atoms in total. The predicted molar refractivity (Wildman–Crippen MR) is 98.3 cm³/mol. The van der Waals surface area contributed by atoms with Crippen molar-refractivity contribution < 1.29 is 106 Å². The SMILES string of the molecule is C=CC(=O)OCCNCS(=O)(=O)CC(F)(F)C(F)(F)C(F)(F)C(F)(F)C(F)(F)C(F)(F)C(F)(F)C(F)(F)C(F)(F)C(F)F. The maximum absolute atomic E-state index is 13.9. The topological polar surface area (TPSA) is 72.5 Å². The molecule has 0 spiro atoms. The molecule has 0 aliphatic rings. The van der Waals surface area contributed by atoms with Crippen LogP contribution in [0.3, 0.4) is 0 Å². The minimum absolute atomic E-state index is 0.542. The molecule has 0 aliphatic heterocycles. The molecule has 0 saturated heterocycles. The quantitative estimate of drug-likeness (QED) is 0.0916. The molecule has 0 atom stereocenters. The monoisotopic (exact) mass is 707 g/mol. The summed E-state index contributed by atoms with van der Waals surface area (Å²) < 4.78 is 295. The van der Waals surface area contributed by atoms with Gasteiger partial charge in [0, 0.05) is 12.6 Å². The van der Waals surface area contributed by atoms with Gasteiger partial charge in [0.05, 0.1) is 5.88 Å². The third-order valence-corrected chi connectivity index (χ3v) is 6.38. The molecule has 0 aliphatic carbocycles. The molecule has 0 rings (SSSR count). The van der Waals surface area contributed by atoms with Crippen LogP contribution in [0.4, 0.5) is 87.8 Å². The third kappa shape index (κ3) is 6.57. The Labute approximate surface area is 225 Å². The van der Waals surface area contributed by atoms with Crippen LogP contribution in [-0.4, -0.2) is 98.9 Å². The van der Waals surface area contributed by atoms with Crippen molar-refractivity contribution in [3.8, 4) is 0 Å². The van der Waals surface area contributed by atoms with Gasteiger partial charge in [-0.1, -0.05) is 6.58 Å². The van der Waals surface area contributed by atoms with Gasteiger partial charge >= 0.3 is 65.7 Å². The van der Waals surface area contributed by atoms with Gasteiger partial charge in [-0.2, -0.15) is 79.0 Å². The molecule has 0 fully saturated rings. The van der Waals surface area contributed by atoms with E-state index in [1.807, 2.05) is 0 Å². The average molecular weight is 707 g/mol. The molecule has 0 radical (unpaired) electrons. The largest absolute Gasteiger partial charge is 0.461 e. The van der Waals surface area contributed by atoms with Crippen molar-refractivity contribution in [2.45, 2.75) is 59.7 Å². The van der Waals surface area contributed by atoms with Crippen LogP contribution in [0.5, 0.6) is 0 Å². The summed E-state index contributed by atoms with van der Waals surface area (Å²) in [5, 5.41) is 1.54. The molecule has 0 heterocycles. The lowest BCUT2D eigenvalue weighted by atomic mass is 9.86. The standard InChI is InChI=1S/C17H13F20NO4S/c1-2-7(39)42-4-3-38-6-43(40,41)5-9(20,21)11(24,25)13(28,29)15(32,33)17(36,37)16(34,35)14(30,31)12(26,27)10(22,23)8(18)19/h2,8,38H,1,3-6H2. The second-order valence-electron chi connectivity index (χ2n) is 8.05. The molecule has 0 aromatic carbocycles. The van der Waals surface area contributed by atoms with Crippen LogP contribution >= 0.6 is 0 Å². The van der Waals surface area contributed by atoms with Crippen LogP contribution in [0, 0.1) is 0 Å². The Bertz CT molecular complexity index is 1120. The minimum atomic E-state index is -9.18. The van der Waals surface area contributed by atoms with Gasteiger partial charge in [0.1, 0.15) is 12.4 Å². The first-order chi connectivity index (χ1) is 18.6. The molecule has 26 heteroatoms. The Morgan fingerprint density at radius 1 is 0.674 bits per heavy atom. The number of sulfone groups is 1. The average Bonchev–Trinajstić information content (AvgIpc) is 2.81. The number of carbonyl (C=O) groups is 1. The summed E-state index contributed by atoms with van der Waals surface area (Å²) in [6.45, 7) is 1.23. The van der Waals surface area contributed by atoms with Crippen molar-refractivity contribution in [3.63, 3.8) is 0 Å². The van der Waals surface area contributed by atoms with Crippen molar-refractivity contribution in [1.82, 2.24) is 5.32 Å².